The van der Waals surface area contributed by atoms with E-state index in [9.17, 15) is 5.11 Å². The normalized spacial score (nSPS) is 14.2. The lowest BCUT2D eigenvalue weighted by Crippen LogP contribution is -2.24. The average molecular weight is 254 g/mol. The molecule has 0 aliphatic heterocycles. The molecule has 0 aliphatic rings. The standard InChI is InChI=1S/C18H22O/c1-12-6-7-15(4)17(11-12)18(5,19)16-9-13(2)8-14(3)10-16/h6-11,19H,1-5H3. The monoisotopic (exact) mass is 254 g/mol. The predicted molar refractivity (Wildman–Crippen MR) is 80.5 cm³/mol. The van der Waals surface area contributed by atoms with Gasteiger partial charge in [-0.3, -0.25) is 0 Å². The maximum absolute atomic E-state index is 11.0. The van der Waals surface area contributed by atoms with E-state index in [1.165, 1.54) is 16.7 Å². The molecule has 100 valence electrons. The van der Waals surface area contributed by atoms with Crippen LogP contribution in [0, 0.1) is 27.7 Å². The Labute approximate surface area is 115 Å². The summed E-state index contributed by atoms with van der Waals surface area (Å²) in [6, 6.07) is 12.5. The molecule has 0 amide bonds. The van der Waals surface area contributed by atoms with Gasteiger partial charge in [0.05, 0.1) is 0 Å². The van der Waals surface area contributed by atoms with E-state index in [4.69, 9.17) is 0 Å². The van der Waals surface area contributed by atoms with Crippen LogP contribution in [0.5, 0.6) is 0 Å². The van der Waals surface area contributed by atoms with Crippen LogP contribution in [-0.2, 0) is 5.60 Å². The van der Waals surface area contributed by atoms with Crippen molar-refractivity contribution < 1.29 is 5.11 Å². The summed E-state index contributed by atoms with van der Waals surface area (Å²) in [4.78, 5) is 0. The van der Waals surface area contributed by atoms with Crippen LogP contribution in [0.25, 0.3) is 0 Å². The van der Waals surface area contributed by atoms with Crippen molar-refractivity contribution in [3.05, 3.63) is 69.8 Å². The molecule has 1 atom stereocenters. The van der Waals surface area contributed by atoms with Gasteiger partial charge in [-0.05, 0) is 51.3 Å². The van der Waals surface area contributed by atoms with E-state index in [1.54, 1.807) is 0 Å². The van der Waals surface area contributed by atoms with Crippen LogP contribution in [-0.4, -0.2) is 5.11 Å². The number of hydrogen-bond acceptors (Lipinski definition) is 1. The molecule has 0 radical (unpaired) electrons. The fourth-order valence-electron chi connectivity index (χ4n) is 2.67. The molecule has 0 spiro atoms. The minimum atomic E-state index is -0.952. The summed E-state index contributed by atoms with van der Waals surface area (Å²) in [7, 11) is 0. The van der Waals surface area contributed by atoms with Crippen molar-refractivity contribution in [2.45, 2.75) is 40.2 Å². The van der Waals surface area contributed by atoms with E-state index in [-0.39, 0.29) is 0 Å². The van der Waals surface area contributed by atoms with Gasteiger partial charge >= 0.3 is 0 Å². The molecule has 2 aromatic rings. The Morgan fingerprint density at radius 3 is 1.95 bits per heavy atom. The van der Waals surface area contributed by atoms with Gasteiger partial charge in [0.25, 0.3) is 0 Å². The first-order valence-corrected chi connectivity index (χ1v) is 6.69. The fraction of sp³-hybridized carbons (Fsp3) is 0.333. The number of hydrogen-bond donors (Lipinski definition) is 1. The van der Waals surface area contributed by atoms with E-state index in [0.717, 1.165) is 16.7 Å². The molecule has 1 N–H and O–H groups in total. The molecule has 0 heterocycles. The molecule has 1 heteroatoms. The summed E-state index contributed by atoms with van der Waals surface area (Å²) < 4.78 is 0. The first-order chi connectivity index (χ1) is 8.80. The molecular weight excluding hydrogens is 232 g/mol. The Morgan fingerprint density at radius 1 is 0.789 bits per heavy atom. The van der Waals surface area contributed by atoms with Gasteiger partial charge in [-0.25, -0.2) is 0 Å². The zero-order valence-electron chi connectivity index (χ0n) is 12.4. The summed E-state index contributed by atoms with van der Waals surface area (Å²) in [5, 5.41) is 11.0. The molecule has 19 heavy (non-hydrogen) atoms. The topological polar surface area (TPSA) is 20.2 Å². The van der Waals surface area contributed by atoms with E-state index >= 15 is 0 Å². The SMILES string of the molecule is Cc1cc(C)cc(C(C)(O)c2cc(C)ccc2C)c1. The lowest BCUT2D eigenvalue weighted by Gasteiger charge is -2.27. The molecule has 2 rings (SSSR count). The predicted octanol–water partition coefficient (Wildman–Crippen LogP) is 4.18. The lowest BCUT2D eigenvalue weighted by atomic mass is 9.83. The second-order valence-electron chi connectivity index (χ2n) is 5.77. The van der Waals surface area contributed by atoms with E-state index in [2.05, 4.69) is 57.2 Å². The van der Waals surface area contributed by atoms with Gasteiger partial charge < -0.3 is 5.11 Å². The van der Waals surface area contributed by atoms with Crippen LogP contribution in [0.2, 0.25) is 0 Å². The highest BCUT2D eigenvalue weighted by Gasteiger charge is 2.27. The largest absolute Gasteiger partial charge is 0.381 e. The Balaban J connectivity index is 2.60. The van der Waals surface area contributed by atoms with Crippen LogP contribution in [0.4, 0.5) is 0 Å². The zero-order valence-corrected chi connectivity index (χ0v) is 12.4. The smallest absolute Gasteiger partial charge is 0.112 e. The van der Waals surface area contributed by atoms with Gasteiger partial charge in [-0.1, -0.05) is 53.1 Å². The summed E-state index contributed by atoms with van der Waals surface area (Å²) in [6.45, 7) is 10.1. The maximum atomic E-state index is 11.0. The summed E-state index contributed by atoms with van der Waals surface area (Å²) >= 11 is 0. The van der Waals surface area contributed by atoms with Gasteiger partial charge in [-0.2, -0.15) is 0 Å². The van der Waals surface area contributed by atoms with Gasteiger partial charge in [0.15, 0.2) is 0 Å². The summed E-state index contributed by atoms with van der Waals surface area (Å²) in [6.07, 6.45) is 0. The highest BCUT2D eigenvalue weighted by Crippen LogP contribution is 2.32. The third kappa shape index (κ3) is 2.71. The second-order valence-corrected chi connectivity index (χ2v) is 5.77. The summed E-state index contributed by atoms with van der Waals surface area (Å²) in [5.41, 5.74) is 5.64. The summed E-state index contributed by atoms with van der Waals surface area (Å²) in [5.74, 6) is 0. The number of benzene rings is 2. The van der Waals surface area contributed by atoms with Crippen molar-refractivity contribution in [3.63, 3.8) is 0 Å². The van der Waals surface area contributed by atoms with E-state index in [1.807, 2.05) is 13.8 Å². The van der Waals surface area contributed by atoms with Gasteiger partial charge in [0, 0.05) is 0 Å². The first kappa shape index (κ1) is 13.8. The van der Waals surface area contributed by atoms with Crippen LogP contribution in [0.1, 0.15) is 40.3 Å². The Morgan fingerprint density at radius 2 is 1.37 bits per heavy atom. The van der Waals surface area contributed by atoms with Gasteiger partial charge in [0.2, 0.25) is 0 Å². The van der Waals surface area contributed by atoms with Crippen molar-refractivity contribution in [3.8, 4) is 0 Å². The van der Waals surface area contributed by atoms with Gasteiger partial charge in [-0.15, -0.1) is 0 Å². The zero-order chi connectivity index (χ0) is 14.2. The van der Waals surface area contributed by atoms with Crippen LogP contribution in [0.15, 0.2) is 36.4 Å². The van der Waals surface area contributed by atoms with Crippen LogP contribution in [0.3, 0.4) is 0 Å². The average Bonchev–Trinajstić information content (AvgIpc) is 2.31. The van der Waals surface area contributed by atoms with Crippen molar-refractivity contribution in [2.24, 2.45) is 0 Å². The molecule has 0 saturated carbocycles. The van der Waals surface area contributed by atoms with Crippen LogP contribution < -0.4 is 0 Å². The third-order valence-electron chi connectivity index (χ3n) is 3.70. The second kappa shape index (κ2) is 4.82. The molecular formula is C18H22O. The number of aliphatic hydroxyl groups is 1. The molecule has 1 unspecified atom stereocenters. The minimum Gasteiger partial charge on any atom is -0.381 e. The Kier molecular flexibility index (Phi) is 3.51. The molecule has 2 aromatic carbocycles. The number of aryl methyl sites for hydroxylation is 4. The molecule has 0 fully saturated rings. The fourth-order valence-corrected chi connectivity index (χ4v) is 2.67. The van der Waals surface area contributed by atoms with E-state index in [0.29, 0.717) is 0 Å². The first-order valence-electron chi connectivity index (χ1n) is 6.69. The molecule has 0 aliphatic carbocycles. The van der Waals surface area contributed by atoms with E-state index < -0.39 is 5.60 Å². The third-order valence-corrected chi connectivity index (χ3v) is 3.70. The lowest BCUT2D eigenvalue weighted by molar-refractivity contribution is 0.101. The van der Waals surface area contributed by atoms with Crippen molar-refractivity contribution in [2.75, 3.05) is 0 Å². The highest BCUT2D eigenvalue weighted by molar-refractivity contribution is 5.43. The van der Waals surface area contributed by atoms with Gasteiger partial charge in [0.1, 0.15) is 5.60 Å². The Hall–Kier alpha value is -1.60. The number of rotatable bonds is 2. The maximum Gasteiger partial charge on any atom is 0.112 e. The molecule has 0 aromatic heterocycles. The highest BCUT2D eigenvalue weighted by atomic mass is 16.3. The quantitative estimate of drug-likeness (QED) is 0.852. The van der Waals surface area contributed by atoms with Crippen LogP contribution >= 0.6 is 0 Å². The Bertz CT molecular complexity index is 589. The minimum absolute atomic E-state index is 0.952. The van der Waals surface area contributed by atoms with Crippen molar-refractivity contribution in [1.82, 2.24) is 0 Å². The molecule has 0 bridgehead atoms. The van der Waals surface area contributed by atoms with Crippen molar-refractivity contribution in [1.29, 1.82) is 0 Å². The molecule has 1 nitrogen and oxygen atoms in total. The molecule has 0 saturated heterocycles. The van der Waals surface area contributed by atoms with Crippen molar-refractivity contribution >= 4 is 0 Å².